The van der Waals surface area contributed by atoms with Gasteiger partial charge in [0.25, 0.3) is 0 Å². The molecule has 0 amide bonds. The molecule has 0 spiro atoms. The maximum Gasteiger partial charge on any atom is 0.0701 e. The number of rotatable bonds is 10. The number of methoxy groups -OCH3 is 1. The second kappa shape index (κ2) is 10.7. The van der Waals surface area contributed by atoms with Crippen LogP contribution in [0.15, 0.2) is 0 Å². The van der Waals surface area contributed by atoms with Gasteiger partial charge in [-0.1, -0.05) is 13.8 Å². The Labute approximate surface area is 98.9 Å². The quantitative estimate of drug-likeness (QED) is 0.463. The van der Waals surface area contributed by atoms with Crippen molar-refractivity contribution in [3.8, 4) is 0 Å². The van der Waals surface area contributed by atoms with Gasteiger partial charge in [-0.3, -0.25) is 0 Å². The van der Waals surface area contributed by atoms with Crippen molar-refractivity contribution in [1.82, 2.24) is 0 Å². The molecule has 92 valence electrons. The Morgan fingerprint density at radius 2 is 1.60 bits per heavy atom. The average Bonchev–Trinajstić information content (AvgIpc) is 2.21. The van der Waals surface area contributed by atoms with Gasteiger partial charge in [0.15, 0.2) is 0 Å². The van der Waals surface area contributed by atoms with Crippen molar-refractivity contribution in [2.45, 2.75) is 13.8 Å². The molecular formula is C11H24O3S. The topological polar surface area (TPSA) is 27.7 Å². The predicted molar refractivity (Wildman–Crippen MR) is 65.7 cm³/mol. The van der Waals surface area contributed by atoms with Crippen molar-refractivity contribution in [2.24, 2.45) is 11.8 Å². The van der Waals surface area contributed by atoms with Crippen molar-refractivity contribution in [2.75, 3.05) is 45.9 Å². The zero-order valence-corrected chi connectivity index (χ0v) is 11.0. The molecule has 3 nitrogen and oxygen atoms in total. The highest BCUT2D eigenvalue weighted by Crippen LogP contribution is 2.12. The third-order valence-electron chi connectivity index (χ3n) is 2.31. The molecule has 0 aliphatic rings. The highest BCUT2D eigenvalue weighted by molar-refractivity contribution is 7.80. The summed E-state index contributed by atoms with van der Waals surface area (Å²) in [6.07, 6.45) is 0. The molecule has 0 N–H and O–H groups in total. The standard InChI is InChI=1S/C11H24O3S/c1-10(2)11(9-15)8-14-7-6-13-5-4-12-3/h10-11,15H,4-9H2,1-3H3. The van der Waals surface area contributed by atoms with Gasteiger partial charge in [0.1, 0.15) is 0 Å². The Bertz CT molecular complexity index is 131. The molecule has 0 rings (SSSR count). The molecule has 0 saturated carbocycles. The lowest BCUT2D eigenvalue weighted by molar-refractivity contribution is 0.0135. The smallest absolute Gasteiger partial charge is 0.0701 e. The van der Waals surface area contributed by atoms with E-state index in [1.165, 1.54) is 0 Å². The largest absolute Gasteiger partial charge is 0.382 e. The lowest BCUT2D eigenvalue weighted by Gasteiger charge is -2.18. The van der Waals surface area contributed by atoms with E-state index >= 15 is 0 Å². The van der Waals surface area contributed by atoms with E-state index in [0.29, 0.717) is 38.3 Å². The molecule has 0 bridgehead atoms. The third kappa shape index (κ3) is 9.18. The van der Waals surface area contributed by atoms with E-state index in [4.69, 9.17) is 14.2 Å². The minimum atomic E-state index is 0.535. The summed E-state index contributed by atoms with van der Waals surface area (Å²) in [6.45, 7) is 7.74. The van der Waals surface area contributed by atoms with Crippen LogP contribution in [0.4, 0.5) is 0 Å². The molecule has 1 unspecified atom stereocenters. The fourth-order valence-corrected chi connectivity index (χ4v) is 1.58. The average molecular weight is 236 g/mol. The monoisotopic (exact) mass is 236 g/mol. The number of hydrogen-bond donors (Lipinski definition) is 1. The number of ether oxygens (including phenoxy) is 3. The first-order valence-corrected chi connectivity index (χ1v) is 6.10. The van der Waals surface area contributed by atoms with E-state index < -0.39 is 0 Å². The zero-order valence-electron chi connectivity index (χ0n) is 10.1. The summed E-state index contributed by atoms with van der Waals surface area (Å²) >= 11 is 4.30. The van der Waals surface area contributed by atoms with Crippen LogP contribution in [-0.4, -0.2) is 45.9 Å². The van der Waals surface area contributed by atoms with Gasteiger partial charge in [-0.15, -0.1) is 0 Å². The van der Waals surface area contributed by atoms with Crippen LogP contribution in [0.2, 0.25) is 0 Å². The maximum absolute atomic E-state index is 5.51. The van der Waals surface area contributed by atoms with E-state index in [2.05, 4.69) is 26.5 Å². The van der Waals surface area contributed by atoms with Crippen LogP contribution in [0.3, 0.4) is 0 Å². The van der Waals surface area contributed by atoms with Crippen LogP contribution in [0.1, 0.15) is 13.8 Å². The lowest BCUT2D eigenvalue weighted by atomic mass is 9.99. The molecule has 4 heteroatoms. The van der Waals surface area contributed by atoms with Crippen molar-refractivity contribution in [3.05, 3.63) is 0 Å². The zero-order chi connectivity index (χ0) is 11.5. The Kier molecular flexibility index (Phi) is 10.9. The van der Waals surface area contributed by atoms with E-state index in [1.807, 2.05) is 0 Å². The van der Waals surface area contributed by atoms with Crippen molar-refractivity contribution in [1.29, 1.82) is 0 Å². The van der Waals surface area contributed by atoms with Crippen molar-refractivity contribution in [3.63, 3.8) is 0 Å². The van der Waals surface area contributed by atoms with E-state index in [1.54, 1.807) is 7.11 Å². The molecule has 0 radical (unpaired) electrons. The number of hydrogen-bond acceptors (Lipinski definition) is 4. The molecule has 0 heterocycles. The summed E-state index contributed by atoms with van der Waals surface area (Å²) in [6, 6.07) is 0. The molecule has 0 aromatic carbocycles. The highest BCUT2D eigenvalue weighted by atomic mass is 32.1. The fourth-order valence-electron chi connectivity index (χ4n) is 1.05. The van der Waals surface area contributed by atoms with Gasteiger partial charge in [-0.25, -0.2) is 0 Å². The van der Waals surface area contributed by atoms with Crippen LogP contribution in [0.25, 0.3) is 0 Å². The fraction of sp³-hybridized carbons (Fsp3) is 1.00. The highest BCUT2D eigenvalue weighted by Gasteiger charge is 2.10. The van der Waals surface area contributed by atoms with Gasteiger partial charge in [0.2, 0.25) is 0 Å². The van der Waals surface area contributed by atoms with Crippen LogP contribution in [-0.2, 0) is 14.2 Å². The van der Waals surface area contributed by atoms with E-state index in [9.17, 15) is 0 Å². The molecule has 0 saturated heterocycles. The van der Waals surface area contributed by atoms with Gasteiger partial charge in [0, 0.05) is 7.11 Å². The summed E-state index contributed by atoms with van der Waals surface area (Å²) in [5.74, 6) is 2.03. The first kappa shape index (κ1) is 15.2. The van der Waals surface area contributed by atoms with Crippen LogP contribution in [0.5, 0.6) is 0 Å². The summed E-state index contributed by atoms with van der Waals surface area (Å²) in [4.78, 5) is 0. The minimum absolute atomic E-state index is 0.535. The number of thiol groups is 1. The van der Waals surface area contributed by atoms with Gasteiger partial charge >= 0.3 is 0 Å². The SMILES string of the molecule is COCCOCCOCC(CS)C(C)C. The van der Waals surface area contributed by atoms with Gasteiger partial charge < -0.3 is 14.2 Å². The van der Waals surface area contributed by atoms with Crippen LogP contribution in [0, 0.1) is 11.8 Å². The summed E-state index contributed by atoms with van der Waals surface area (Å²) in [7, 11) is 1.67. The summed E-state index contributed by atoms with van der Waals surface area (Å²) in [5.41, 5.74) is 0. The Balaban J connectivity index is 3.22. The first-order valence-electron chi connectivity index (χ1n) is 5.47. The van der Waals surface area contributed by atoms with Gasteiger partial charge in [-0.05, 0) is 17.6 Å². The molecule has 0 aliphatic heterocycles. The Morgan fingerprint density at radius 1 is 1.00 bits per heavy atom. The van der Waals surface area contributed by atoms with Gasteiger partial charge in [-0.2, -0.15) is 12.6 Å². The van der Waals surface area contributed by atoms with Gasteiger partial charge in [0.05, 0.1) is 33.0 Å². The second-order valence-electron chi connectivity index (χ2n) is 3.87. The molecule has 0 aromatic heterocycles. The maximum atomic E-state index is 5.51. The first-order chi connectivity index (χ1) is 7.22. The van der Waals surface area contributed by atoms with Crippen LogP contribution < -0.4 is 0 Å². The Hall–Kier alpha value is 0.230. The molecule has 0 aromatic rings. The normalized spacial score (nSPS) is 13.4. The van der Waals surface area contributed by atoms with Crippen molar-refractivity contribution < 1.29 is 14.2 Å². The summed E-state index contributed by atoms with van der Waals surface area (Å²) in [5, 5.41) is 0. The van der Waals surface area contributed by atoms with Crippen LogP contribution >= 0.6 is 12.6 Å². The minimum Gasteiger partial charge on any atom is -0.382 e. The molecule has 0 aliphatic carbocycles. The van der Waals surface area contributed by atoms with E-state index in [-0.39, 0.29) is 0 Å². The Morgan fingerprint density at radius 3 is 2.13 bits per heavy atom. The molecule has 1 atom stereocenters. The lowest BCUT2D eigenvalue weighted by Crippen LogP contribution is -2.19. The predicted octanol–water partition coefficient (Wildman–Crippen LogP) is 1.87. The molecular weight excluding hydrogens is 212 g/mol. The second-order valence-corrected chi connectivity index (χ2v) is 4.23. The summed E-state index contributed by atoms with van der Waals surface area (Å²) < 4.78 is 15.7. The third-order valence-corrected chi connectivity index (χ3v) is 2.78. The van der Waals surface area contributed by atoms with E-state index in [0.717, 1.165) is 12.4 Å². The molecule has 0 fully saturated rings. The molecule has 15 heavy (non-hydrogen) atoms. The van der Waals surface area contributed by atoms with Crippen molar-refractivity contribution >= 4 is 12.6 Å².